The fraction of sp³-hybridized carbons (Fsp3) is 0.786. The number of rotatable bonds is 10. The van der Waals surface area contributed by atoms with Gasteiger partial charge in [0.2, 0.25) is 0 Å². The van der Waals surface area contributed by atoms with E-state index in [-0.39, 0.29) is 6.54 Å². The van der Waals surface area contributed by atoms with E-state index in [1.54, 1.807) is 6.92 Å². The first-order chi connectivity index (χ1) is 10.1. The number of hydrogen-bond acceptors (Lipinski definition) is 5. The van der Waals surface area contributed by atoms with E-state index < -0.39 is 18.0 Å². The van der Waals surface area contributed by atoms with Crippen LogP contribution in [0.25, 0.3) is 0 Å². The highest BCUT2D eigenvalue weighted by Gasteiger charge is 2.25. The van der Waals surface area contributed by atoms with Crippen molar-refractivity contribution in [3.63, 3.8) is 0 Å². The number of ether oxygens (including phenoxy) is 1. The summed E-state index contributed by atoms with van der Waals surface area (Å²) in [7, 11) is 0. The summed E-state index contributed by atoms with van der Waals surface area (Å²) < 4.78 is 5.05. The van der Waals surface area contributed by atoms with Gasteiger partial charge in [-0.05, 0) is 19.6 Å². The molecule has 0 spiro atoms. The molecule has 0 aliphatic carbocycles. The predicted molar refractivity (Wildman–Crippen MR) is 83.8 cm³/mol. The van der Waals surface area contributed by atoms with Crippen molar-refractivity contribution in [3.05, 3.63) is 0 Å². The van der Waals surface area contributed by atoms with Crippen molar-refractivity contribution in [1.29, 1.82) is 5.26 Å². The standard InChI is InChI=1S/C14H25N3O3S/c1-4-6-7-8-9-20-14(19)16-12(10-21-3)13(18)17(5-2)11-15/h12H,4-10H2,1-3H3,(H,16,19). The summed E-state index contributed by atoms with van der Waals surface area (Å²) in [5, 5.41) is 11.4. The van der Waals surface area contributed by atoms with Gasteiger partial charge in [0.1, 0.15) is 6.04 Å². The van der Waals surface area contributed by atoms with E-state index in [1.165, 1.54) is 11.8 Å². The monoisotopic (exact) mass is 315 g/mol. The first-order valence-electron chi connectivity index (χ1n) is 7.23. The average molecular weight is 315 g/mol. The third-order valence-electron chi connectivity index (χ3n) is 2.86. The zero-order valence-corrected chi connectivity index (χ0v) is 13.9. The highest BCUT2D eigenvalue weighted by atomic mass is 32.2. The van der Waals surface area contributed by atoms with E-state index in [0.29, 0.717) is 12.4 Å². The molecule has 21 heavy (non-hydrogen) atoms. The lowest BCUT2D eigenvalue weighted by atomic mass is 10.2. The maximum Gasteiger partial charge on any atom is 0.407 e. The number of nitrogens with one attached hydrogen (secondary N) is 1. The molecule has 2 amide bonds. The highest BCUT2D eigenvalue weighted by Crippen LogP contribution is 2.03. The van der Waals surface area contributed by atoms with Crippen molar-refractivity contribution in [1.82, 2.24) is 10.2 Å². The Hall–Kier alpha value is -1.42. The molecule has 0 fully saturated rings. The van der Waals surface area contributed by atoms with Gasteiger partial charge in [-0.25, -0.2) is 9.69 Å². The molecule has 0 aliphatic rings. The van der Waals surface area contributed by atoms with Crippen molar-refractivity contribution < 1.29 is 14.3 Å². The Morgan fingerprint density at radius 2 is 2.05 bits per heavy atom. The fourth-order valence-electron chi connectivity index (χ4n) is 1.68. The Bertz CT molecular complexity index is 358. The molecule has 1 unspecified atom stereocenters. The lowest BCUT2D eigenvalue weighted by molar-refractivity contribution is -0.129. The molecule has 1 N–H and O–H groups in total. The topological polar surface area (TPSA) is 82.4 Å². The highest BCUT2D eigenvalue weighted by molar-refractivity contribution is 7.98. The van der Waals surface area contributed by atoms with Crippen LogP contribution in [0.3, 0.4) is 0 Å². The zero-order valence-electron chi connectivity index (χ0n) is 13.1. The summed E-state index contributed by atoms with van der Waals surface area (Å²) in [5.41, 5.74) is 0. The maximum absolute atomic E-state index is 12.1. The van der Waals surface area contributed by atoms with Gasteiger partial charge in [-0.1, -0.05) is 26.2 Å². The van der Waals surface area contributed by atoms with Crippen LogP contribution in [0.2, 0.25) is 0 Å². The quantitative estimate of drug-likeness (QED) is 0.380. The smallest absolute Gasteiger partial charge is 0.407 e. The van der Waals surface area contributed by atoms with Crippen LogP contribution in [0.1, 0.15) is 39.5 Å². The fourth-order valence-corrected chi connectivity index (χ4v) is 2.24. The number of alkyl carbamates (subject to hydrolysis) is 1. The molecular formula is C14H25N3O3S. The Morgan fingerprint density at radius 3 is 2.57 bits per heavy atom. The van der Waals surface area contributed by atoms with Crippen molar-refractivity contribution in [2.24, 2.45) is 0 Å². The largest absolute Gasteiger partial charge is 0.450 e. The minimum atomic E-state index is -0.734. The van der Waals surface area contributed by atoms with Gasteiger partial charge in [0.05, 0.1) is 6.61 Å². The SMILES string of the molecule is CCCCCCOC(=O)NC(CSC)C(=O)N(C#N)CC. The third kappa shape index (κ3) is 8.45. The Morgan fingerprint density at radius 1 is 1.33 bits per heavy atom. The van der Waals surface area contributed by atoms with Gasteiger partial charge in [-0.3, -0.25) is 4.79 Å². The summed E-state index contributed by atoms with van der Waals surface area (Å²) in [5.74, 6) is -0.000583. The summed E-state index contributed by atoms with van der Waals surface area (Å²) in [6.07, 6.45) is 7.13. The van der Waals surface area contributed by atoms with Crippen LogP contribution in [0.4, 0.5) is 4.79 Å². The maximum atomic E-state index is 12.1. The van der Waals surface area contributed by atoms with Gasteiger partial charge in [0.25, 0.3) is 5.91 Å². The van der Waals surface area contributed by atoms with Crippen molar-refractivity contribution in [2.75, 3.05) is 25.2 Å². The molecule has 6 nitrogen and oxygen atoms in total. The molecule has 0 aromatic rings. The lowest BCUT2D eigenvalue weighted by Crippen LogP contribution is -2.48. The number of nitrogens with zero attached hydrogens (tertiary/aromatic N) is 2. The Labute approximate surface area is 131 Å². The van der Waals surface area contributed by atoms with Gasteiger partial charge in [0.15, 0.2) is 6.19 Å². The number of hydrogen-bond donors (Lipinski definition) is 1. The molecule has 0 radical (unpaired) electrons. The van der Waals surface area contributed by atoms with Gasteiger partial charge in [-0.15, -0.1) is 0 Å². The minimum absolute atomic E-state index is 0.286. The van der Waals surface area contributed by atoms with Gasteiger partial charge in [0, 0.05) is 12.3 Å². The molecule has 7 heteroatoms. The normalized spacial score (nSPS) is 11.3. The van der Waals surface area contributed by atoms with Crippen molar-refractivity contribution >= 4 is 23.8 Å². The van der Waals surface area contributed by atoms with Crippen molar-refractivity contribution in [2.45, 2.75) is 45.6 Å². The predicted octanol–water partition coefficient (Wildman–Crippen LogP) is 2.35. The van der Waals surface area contributed by atoms with Crippen LogP contribution in [-0.4, -0.2) is 48.1 Å². The molecule has 0 aliphatic heterocycles. The minimum Gasteiger partial charge on any atom is -0.450 e. The molecule has 120 valence electrons. The van der Waals surface area contributed by atoms with Crippen LogP contribution in [0.5, 0.6) is 0 Å². The van der Waals surface area contributed by atoms with E-state index in [1.807, 2.05) is 12.4 Å². The number of thioether (sulfide) groups is 1. The van der Waals surface area contributed by atoms with Crippen LogP contribution >= 0.6 is 11.8 Å². The summed E-state index contributed by atoms with van der Waals surface area (Å²) in [4.78, 5) is 24.8. The second kappa shape index (κ2) is 12.3. The number of nitriles is 1. The van der Waals surface area contributed by atoms with E-state index >= 15 is 0 Å². The number of unbranched alkanes of at least 4 members (excludes halogenated alkanes) is 3. The molecule has 0 aromatic carbocycles. The van der Waals surface area contributed by atoms with Gasteiger partial charge >= 0.3 is 6.09 Å². The van der Waals surface area contributed by atoms with Crippen LogP contribution in [0, 0.1) is 11.5 Å². The molecule has 0 rings (SSSR count). The van der Waals surface area contributed by atoms with E-state index in [9.17, 15) is 9.59 Å². The molecule has 0 bridgehead atoms. The van der Waals surface area contributed by atoms with Crippen LogP contribution in [0.15, 0.2) is 0 Å². The first kappa shape index (κ1) is 19.6. The molecule has 0 heterocycles. The second-order valence-electron chi connectivity index (χ2n) is 4.53. The zero-order chi connectivity index (χ0) is 16.1. The summed E-state index contributed by atoms with van der Waals surface area (Å²) >= 11 is 1.43. The van der Waals surface area contributed by atoms with Crippen LogP contribution in [-0.2, 0) is 9.53 Å². The first-order valence-corrected chi connectivity index (χ1v) is 8.63. The molecule has 1 atom stereocenters. The second-order valence-corrected chi connectivity index (χ2v) is 5.44. The third-order valence-corrected chi connectivity index (χ3v) is 3.52. The average Bonchev–Trinajstić information content (AvgIpc) is 2.47. The number of carbonyl (C=O) groups is 2. The number of carbonyl (C=O) groups excluding carboxylic acids is 2. The molecule has 0 saturated heterocycles. The van der Waals surface area contributed by atoms with Crippen molar-refractivity contribution in [3.8, 4) is 6.19 Å². The van der Waals surface area contributed by atoms with E-state index in [4.69, 9.17) is 10.00 Å². The lowest BCUT2D eigenvalue weighted by Gasteiger charge is -2.20. The summed E-state index contributed by atoms with van der Waals surface area (Å²) in [6.45, 7) is 4.46. The van der Waals surface area contributed by atoms with E-state index in [0.717, 1.165) is 30.6 Å². The molecule has 0 aromatic heterocycles. The molecular weight excluding hydrogens is 290 g/mol. The van der Waals surface area contributed by atoms with Crippen LogP contribution < -0.4 is 5.32 Å². The summed E-state index contributed by atoms with van der Waals surface area (Å²) in [6, 6.07) is -0.734. The van der Waals surface area contributed by atoms with E-state index in [2.05, 4.69) is 12.2 Å². The number of amides is 2. The molecule has 0 saturated carbocycles. The Kier molecular flexibility index (Phi) is 11.5. The Balaban J connectivity index is 4.27. The number of likely N-dealkylation sites (N-methyl/N-ethyl adjacent to an activating group) is 1. The van der Waals surface area contributed by atoms with Gasteiger partial charge < -0.3 is 10.1 Å². The van der Waals surface area contributed by atoms with Gasteiger partial charge in [-0.2, -0.15) is 17.0 Å².